The molecule has 0 saturated carbocycles. The molecule has 0 radical (unpaired) electrons. The highest BCUT2D eigenvalue weighted by atomic mass is 32.1. The molecule has 0 aliphatic carbocycles. The number of anilines is 1. The molecule has 2 aromatic rings. The lowest BCUT2D eigenvalue weighted by molar-refractivity contribution is -0.138. The van der Waals surface area contributed by atoms with Crippen LogP contribution in [0.1, 0.15) is 6.92 Å². The normalized spacial score (nSPS) is 11.1. The van der Waals surface area contributed by atoms with E-state index in [9.17, 15) is 9.59 Å². The highest BCUT2D eigenvalue weighted by Crippen LogP contribution is 2.08. The van der Waals surface area contributed by atoms with Crippen LogP contribution in [-0.4, -0.2) is 22.0 Å². The highest BCUT2D eigenvalue weighted by Gasteiger charge is 2.10. The van der Waals surface area contributed by atoms with Gasteiger partial charge in [-0.05, 0) is 6.92 Å². The highest BCUT2D eigenvalue weighted by molar-refractivity contribution is 7.15. The maximum atomic E-state index is 12.0. The maximum Gasteiger partial charge on any atom is 0.350 e. The van der Waals surface area contributed by atoms with E-state index >= 15 is 0 Å². The van der Waals surface area contributed by atoms with Crippen LogP contribution >= 0.6 is 11.3 Å². The Balaban J connectivity index is 2.28. The summed E-state index contributed by atoms with van der Waals surface area (Å²) in [5.41, 5.74) is -0.367. The molecule has 0 bridgehead atoms. The molecule has 0 amide bonds. The summed E-state index contributed by atoms with van der Waals surface area (Å²) in [6, 6.07) is 1.71. The first-order valence-corrected chi connectivity index (χ1v) is 6.54. The van der Waals surface area contributed by atoms with E-state index < -0.39 is 5.97 Å². The lowest BCUT2D eigenvalue weighted by Crippen LogP contribution is -2.17. The summed E-state index contributed by atoms with van der Waals surface area (Å²) in [4.78, 5) is 28.1. The van der Waals surface area contributed by atoms with Crippen molar-refractivity contribution in [3.8, 4) is 6.07 Å². The topological polar surface area (TPSA) is 96.5 Å². The number of ether oxygens (including phenoxy) is 1. The summed E-state index contributed by atoms with van der Waals surface area (Å²) in [5.74, 6) is -0.743. The molecule has 2 aromatic heterocycles. The van der Waals surface area contributed by atoms with E-state index in [1.807, 2.05) is 0 Å². The summed E-state index contributed by atoms with van der Waals surface area (Å²) >= 11 is 1.33. The minimum atomic E-state index is -0.743. The smallest absolute Gasteiger partial charge is 0.350 e. The van der Waals surface area contributed by atoms with Gasteiger partial charge in [0.1, 0.15) is 11.8 Å². The number of hydrogen-bond acceptors (Lipinski definition) is 7. The van der Waals surface area contributed by atoms with Gasteiger partial charge in [-0.3, -0.25) is 9.20 Å². The van der Waals surface area contributed by atoms with Gasteiger partial charge in [0, 0.05) is 17.8 Å². The van der Waals surface area contributed by atoms with Crippen LogP contribution in [0.5, 0.6) is 0 Å². The average molecular weight is 290 g/mol. The minimum absolute atomic E-state index is 0.165. The van der Waals surface area contributed by atoms with Crippen LogP contribution in [0.15, 0.2) is 34.3 Å². The van der Waals surface area contributed by atoms with Crippen molar-refractivity contribution in [1.82, 2.24) is 9.38 Å². The van der Waals surface area contributed by atoms with Gasteiger partial charge < -0.3 is 10.1 Å². The number of nitriles is 1. The molecule has 0 atom stereocenters. The van der Waals surface area contributed by atoms with Crippen LogP contribution in [0.2, 0.25) is 0 Å². The van der Waals surface area contributed by atoms with E-state index in [0.29, 0.717) is 4.96 Å². The van der Waals surface area contributed by atoms with E-state index in [0.717, 1.165) is 6.20 Å². The molecule has 7 nitrogen and oxygen atoms in total. The Hall–Kier alpha value is -2.66. The third kappa shape index (κ3) is 2.67. The first-order valence-electron chi connectivity index (χ1n) is 5.66. The monoisotopic (exact) mass is 290 g/mol. The van der Waals surface area contributed by atoms with E-state index in [2.05, 4.69) is 10.3 Å². The third-order valence-electron chi connectivity index (χ3n) is 2.33. The van der Waals surface area contributed by atoms with Crippen LogP contribution in [0.25, 0.3) is 4.96 Å². The fraction of sp³-hybridized carbons (Fsp3) is 0.167. The molecule has 0 saturated heterocycles. The molecule has 0 aromatic carbocycles. The molecule has 102 valence electrons. The second-order valence-corrected chi connectivity index (χ2v) is 4.44. The van der Waals surface area contributed by atoms with Crippen molar-refractivity contribution in [2.45, 2.75) is 6.92 Å². The van der Waals surface area contributed by atoms with Crippen LogP contribution in [0, 0.1) is 11.3 Å². The number of aromatic nitrogens is 2. The largest absolute Gasteiger partial charge is 0.462 e. The van der Waals surface area contributed by atoms with E-state index in [-0.39, 0.29) is 23.4 Å². The van der Waals surface area contributed by atoms with E-state index in [4.69, 9.17) is 10.00 Å². The lowest BCUT2D eigenvalue weighted by Gasteiger charge is -2.02. The Labute approximate surface area is 117 Å². The van der Waals surface area contributed by atoms with Gasteiger partial charge in [0.05, 0.1) is 12.8 Å². The molecule has 0 fully saturated rings. The summed E-state index contributed by atoms with van der Waals surface area (Å²) in [7, 11) is 0. The van der Waals surface area contributed by atoms with Crippen molar-refractivity contribution in [3.05, 3.63) is 39.9 Å². The molecular weight excluding hydrogens is 280 g/mol. The SMILES string of the molecule is CCOC(=O)/C(C#N)=C/Nc1cnc2sccn2c1=O. The van der Waals surface area contributed by atoms with Gasteiger partial charge >= 0.3 is 5.97 Å². The Bertz CT molecular complexity index is 769. The number of esters is 1. The number of hydrogen-bond donors (Lipinski definition) is 1. The molecular formula is C12H10N4O3S. The van der Waals surface area contributed by atoms with Gasteiger partial charge in [0.2, 0.25) is 0 Å². The summed E-state index contributed by atoms with van der Waals surface area (Å²) in [5, 5.41) is 13.2. The van der Waals surface area contributed by atoms with Crippen molar-refractivity contribution >= 4 is 28.0 Å². The zero-order valence-corrected chi connectivity index (χ0v) is 11.3. The number of carbonyl (C=O) groups is 1. The average Bonchev–Trinajstić information content (AvgIpc) is 2.91. The molecule has 1 N–H and O–H groups in total. The first kappa shape index (κ1) is 13.8. The predicted octanol–water partition coefficient (Wildman–Crippen LogP) is 1.14. The summed E-state index contributed by atoms with van der Waals surface area (Å²) < 4.78 is 6.08. The second kappa shape index (κ2) is 5.99. The number of nitrogens with zero attached hydrogens (tertiary/aromatic N) is 3. The Morgan fingerprint density at radius 3 is 3.20 bits per heavy atom. The van der Waals surface area contributed by atoms with E-state index in [1.54, 1.807) is 24.6 Å². The van der Waals surface area contributed by atoms with Crippen LogP contribution in [0.3, 0.4) is 0 Å². The Morgan fingerprint density at radius 1 is 1.70 bits per heavy atom. The summed E-state index contributed by atoms with van der Waals surface area (Å²) in [6.45, 7) is 1.81. The number of nitrogens with one attached hydrogen (secondary N) is 1. The number of carbonyl (C=O) groups excluding carboxylic acids is 1. The quantitative estimate of drug-likeness (QED) is 0.515. The van der Waals surface area contributed by atoms with Crippen molar-refractivity contribution in [2.24, 2.45) is 0 Å². The van der Waals surface area contributed by atoms with Gasteiger partial charge in [-0.15, -0.1) is 11.3 Å². The maximum absolute atomic E-state index is 12.0. The number of thiazole rings is 1. The third-order valence-corrected chi connectivity index (χ3v) is 3.10. The van der Waals surface area contributed by atoms with Crippen LogP contribution < -0.4 is 10.9 Å². The Kier molecular flexibility index (Phi) is 4.12. The lowest BCUT2D eigenvalue weighted by atomic mass is 10.3. The fourth-order valence-electron chi connectivity index (χ4n) is 1.42. The van der Waals surface area contributed by atoms with Crippen LogP contribution in [-0.2, 0) is 9.53 Å². The van der Waals surface area contributed by atoms with Gasteiger partial charge in [0.25, 0.3) is 5.56 Å². The zero-order chi connectivity index (χ0) is 14.5. The molecule has 0 spiro atoms. The van der Waals surface area contributed by atoms with Gasteiger partial charge in [-0.25, -0.2) is 9.78 Å². The van der Waals surface area contributed by atoms with Crippen LogP contribution in [0.4, 0.5) is 5.69 Å². The Morgan fingerprint density at radius 2 is 2.50 bits per heavy atom. The molecule has 2 heterocycles. The molecule has 0 aliphatic rings. The minimum Gasteiger partial charge on any atom is -0.462 e. The first-order chi connectivity index (χ1) is 9.67. The second-order valence-electron chi connectivity index (χ2n) is 3.57. The molecule has 0 unspecified atom stereocenters. The van der Waals surface area contributed by atoms with Gasteiger partial charge in [-0.2, -0.15) is 5.26 Å². The van der Waals surface area contributed by atoms with Gasteiger partial charge in [0.15, 0.2) is 10.5 Å². The number of fused-ring (bicyclic) bond motifs is 1. The predicted molar refractivity (Wildman–Crippen MR) is 73.3 cm³/mol. The van der Waals surface area contributed by atoms with Gasteiger partial charge in [-0.1, -0.05) is 0 Å². The zero-order valence-electron chi connectivity index (χ0n) is 10.5. The molecule has 20 heavy (non-hydrogen) atoms. The van der Waals surface area contributed by atoms with Crippen molar-refractivity contribution in [1.29, 1.82) is 5.26 Å². The van der Waals surface area contributed by atoms with Crippen molar-refractivity contribution < 1.29 is 9.53 Å². The van der Waals surface area contributed by atoms with Crippen molar-refractivity contribution in [2.75, 3.05) is 11.9 Å². The number of rotatable bonds is 4. The fourth-order valence-corrected chi connectivity index (χ4v) is 2.09. The molecule has 8 heteroatoms. The van der Waals surface area contributed by atoms with Crippen molar-refractivity contribution in [3.63, 3.8) is 0 Å². The summed E-state index contributed by atoms with van der Waals surface area (Å²) in [6.07, 6.45) is 4.08. The molecule has 0 aliphatic heterocycles. The van der Waals surface area contributed by atoms with E-state index in [1.165, 1.54) is 21.9 Å². The molecule has 2 rings (SSSR count). The standard InChI is InChI=1S/C12H10N4O3S/c1-2-19-11(18)8(5-13)6-14-9-7-15-12-16(10(9)17)3-4-20-12/h3-4,6-7,14H,2H2,1H3/b8-6+.